The van der Waals surface area contributed by atoms with Crippen LogP contribution in [0.4, 0.5) is 5.69 Å². The van der Waals surface area contributed by atoms with Crippen LogP contribution in [0.5, 0.6) is 17.2 Å². The predicted octanol–water partition coefficient (Wildman–Crippen LogP) is 4.18. The summed E-state index contributed by atoms with van der Waals surface area (Å²) in [7, 11) is -3.34. The molecule has 0 radical (unpaired) electrons. The molecule has 142 valence electrons. The highest BCUT2D eigenvalue weighted by Gasteiger charge is 2.25. The summed E-state index contributed by atoms with van der Waals surface area (Å²) in [6.45, 7) is 4.20. The van der Waals surface area contributed by atoms with E-state index in [0.29, 0.717) is 16.8 Å². The maximum absolute atomic E-state index is 12.7. The van der Waals surface area contributed by atoms with Crippen LogP contribution in [0.15, 0.2) is 36.4 Å². The molecule has 0 bridgehead atoms. The fourth-order valence-corrected chi connectivity index (χ4v) is 4.18. The van der Waals surface area contributed by atoms with Crippen molar-refractivity contribution in [3.05, 3.63) is 47.5 Å². The quantitative estimate of drug-likeness (QED) is 0.381. The number of aromatic hydroxyl groups is 3. The molecule has 0 saturated heterocycles. The average Bonchev–Trinajstić information content (AvgIpc) is 2.58. The van der Waals surface area contributed by atoms with Crippen LogP contribution in [0.3, 0.4) is 0 Å². The van der Waals surface area contributed by atoms with Gasteiger partial charge in [0.05, 0.1) is 19.4 Å². The third-order valence-corrected chi connectivity index (χ3v) is 5.67. The van der Waals surface area contributed by atoms with E-state index in [4.69, 9.17) is 9.05 Å². The summed E-state index contributed by atoms with van der Waals surface area (Å²) in [4.78, 5) is 0. The molecule has 0 spiro atoms. The number of hydrogen-bond acceptors (Lipinski definition) is 7. The number of anilines is 1. The SMILES string of the molecule is CCOP(=O)(Cc1cc(NCc2cc(O)ccc2O)ccc1O)OCC. The first-order valence-electron chi connectivity index (χ1n) is 8.31. The summed E-state index contributed by atoms with van der Waals surface area (Å²) in [5.74, 6) is 0.113. The Morgan fingerprint density at radius 1 is 0.923 bits per heavy atom. The van der Waals surface area contributed by atoms with Crippen LogP contribution in [0.25, 0.3) is 0 Å². The van der Waals surface area contributed by atoms with Gasteiger partial charge in [-0.1, -0.05) is 0 Å². The smallest absolute Gasteiger partial charge is 0.335 e. The largest absolute Gasteiger partial charge is 0.508 e. The van der Waals surface area contributed by atoms with Crippen molar-refractivity contribution in [1.82, 2.24) is 0 Å². The van der Waals surface area contributed by atoms with Gasteiger partial charge in [0.25, 0.3) is 0 Å². The molecule has 4 N–H and O–H groups in total. The summed E-state index contributed by atoms with van der Waals surface area (Å²) in [6.07, 6.45) is -0.0482. The molecule has 0 aliphatic heterocycles. The van der Waals surface area contributed by atoms with Crippen molar-refractivity contribution in [2.45, 2.75) is 26.6 Å². The van der Waals surface area contributed by atoms with E-state index in [9.17, 15) is 19.9 Å². The lowest BCUT2D eigenvalue weighted by Gasteiger charge is -2.18. The van der Waals surface area contributed by atoms with Gasteiger partial charge in [-0.3, -0.25) is 4.57 Å². The molecule has 0 aliphatic carbocycles. The normalized spacial score (nSPS) is 11.5. The van der Waals surface area contributed by atoms with E-state index in [1.807, 2.05) is 0 Å². The van der Waals surface area contributed by atoms with Crippen LogP contribution in [-0.2, 0) is 26.3 Å². The van der Waals surface area contributed by atoms with E-state index in [-0.39, 0.29) is 43.2 Å². The van der Waals surface area contributed by atoms with Gasteiger partial charge in [-0.2, -0.15) is 0 Å². The van der Waals surface area contributed by atoms with E-state index < -0.39 is 7.60 Å². The fourth-order valence-electron chi connectivity index (χ4n) is 2.46. The number of rotatable bonds is 9. The van der Waals surface area contributed by atoms with Gasteiger partial charge in [-0.25, -0.2) is 0 Å². The first-order chi connectivity index (χ1) is 12.4. The molecule has 0 fully saturated rings. The lowest BCUT2D eigenvalue weighted by Crippen LogP contribution is -2.02. The molecule has 0 unspecified atom stereocenters. The highest BCUT2D eigenvalue weighted by Crippen LogP contribution is 2.52. The molecule has 2 rings (SSSR count). The summed E-state index contributed by atoms with van der Waals surface area (Å²) in [5.41, 5.74) is 1.61. The molecular weight excluding hydrogens is 357 g/mol. The minimum atomic E-state index is -3.34. The fraction of sp³-hybridized carbons (Fsp3) is 0.333. The van der Waals surface area contributed by atoms with Crippen molar-refractivity contribution in [2.24, 2.45) is 0 Å². The highest BCUT2D eigenvalue weighted by atomic mass is 31.2. The van der Waals surface area contributed by atoms with Gasteiger partial charge in [0.1, 0.15) is 17.2 Å². The zero-order valence-electron chi connectivity index (χ0n) is 14.8. The first-order valence-corrected chi connectivity index (χ1v) is 10.0. The number of hydrogen-bond donors (Lipinski definition) is 4. The minimum Gasteiger partial charge on any atom is -0.508 e. The second-order valence-corrected chi connectivity index (χ2v) is 7.67. The Labute approximate surface area is 152 Å². The van der Waals surface area contributed by atoms with Crippen LogP contribution in [0, 0.1) is 0 Å². The van der Waals surface area contributed by atoms with Gasteiger partial charge in [0, 0.05) is 23.4 Å². The number of phenolic OH excluding ortho intramolecular Hbond substituents is 3. The maximum Gasteiger partial charge on any atom is 0.335 e. The van der Waals surface area contributed by atoms with Crippen LogP contribution in [0.2, 0.25) is 0 Å². The van der Waals surface area contributed by atoms with Crippen molar-refractivity contribution in [3.8, 4) is 17.2 Å². The van der Waals surface area contributed by atoms with Gasteiger partial charge in [0.15, 0.2) is 0 Å². The van der Waals surface area contributed by atoms with E-state index >= 15 is 0 Å². The molecule has 0 atom stereocenters. The molecule has 2 aromatic carbocycles. The van der Waals surface area contributed by atoms with Crippen molar-refractivity contribution in [2.75, 3.05) is 18.5 Å². The second kappa shape index (κ2) is 8.94. The number of nitrogens with one attached hydrogen (secondary N) is 1. The van der Waals surface area contributed by atoms with E-state index in [2.05, 4.69) is 5.32 Å². The van der Waals surface area contributed by atoms with Gasteiger partial charge >= 0.3 is 7.60 Å². The van der Waals surface area contributed by atoms with E-state index in [1.54, 1.807) is 26.0 Å². The third-order valence-electron chi connectivity index (χ3n) is 3.64. The number of benzene rings is 2. The topological polar surface area (TPSA) is 108 Å². The lowest BCUT2D eigenvalue weighted by molar-refractivity contribution is 0.219. The van der Waals surface area contributed by atoms with Gasteiger partial charge in [0.2, 0.25) is 0 Å². The predicted molar refractivity (Wildman–Crippen MR) is 99.8 cm³/mol. The third kappa shape index (κ3) is 5.39. The molecular formula is C18H24NO6P. The first kappa shape index (κ1) is 20.1. The Kier molecular flexibility index (Phi) is 6.91. The molecule has 2 aromatic rings. The van der Waals surface area contributed by atoms with E-state index in [1.165, 1.54) is 24.3 Å². The average molecular weight is 381 g/mol. The summed E-state index contributed by atoms with van der Waals surface area (Å²) < 4.78 is 23.2. The van der Waals surface area contributed by atoms with Crippen LogP contribution >= 0.6 is 7.60 Å². The molecule has 0 aromatic heterocycles. The molecule has 0 heterocycles. The van der Waals surface area contributed by atoms with Crippen molar-refractivity contribution >= 4 is 13.3 Å². The van der Waals surface area contributed by atoms with Gasteiger partial charge < -0.3 is 29.7 Å². The van der Waals surface area contributed by atoms with Crippen molar-refractivity contribution in [3.63, 3.8) is 0 Å². The van der Waals surface area contributed by atoms with Gasteiger partial charge in [-0.05, 0) is 50.2 Å². The maximum atomic E-state index is 12.7. The van der Waals surface area contributed by atoms with Crippen molar-refractivity contribution in [1.29, 1.82) is 0 Å². The summed E-state index contributed by atoms with van der Waals surface area (Å²) in [5, 5.41) is 32.5. The molecule has 7 nitrogen and oxygen atoms in total. The Bertz CT molecular complexity index is 785. The summed E-state index contributed by atoms with van der Waals surface area (Å²) in [6, 6.07) is 9.07. The molecule has 8 heteroatoms. The Hall–Kier alpha value is -2.21. The molecule has 0 amide bonds. The Morgan fingerprint density at radius 3 is 2.19 bits per heavy atom. The van der Waals surface area contributed by atoms with Crippen LogP contribution in [-0.4, -0.2) is 28.5 Å². The van der Waals surface area contributed by atoms with Gasteiger partial charge in [-0.15, -0.1) is 0 Å². The Balaban J connectivity index is 2.16. The zero-order chi connectivity index (χ0) is 19.2. The highest BCUT2D eigenvalue weighted by molar-refractivity contribution is 7.53. The zero-order valence-corrected chi connectivity index (χ0v) is 15.7. The summed E-state index contributed by atoms with van der Waals surface area (Å²) >= 11 is 0. The lowest BCUT2D eigenvalue weighted by atomic mass is 10.1. The van der Waals surface area contributed by atoms with Crippen LogP contribution < -0.4 is 5.32 Å². The molecule has 0 saturated carbocycles. The van der Waals surface area contributed by atoms with Crippen molar-refractivity contribution < 1.29 is 28.9 Å². The number of phenols is 3. The molecule has 26 heavy (non-hydrogen) atoms. The van der Waals surface area contributed by atoms with Crippen LogP contribution in [0.1, 0.15) is 25.0 Å². The van der Waals surface area contributed by atoms with E-state index in [0.717, 1.165) is 0 Å². The minimum absolute atomic E-state index is 0.00427. The Morgan fingerprint density at radius 2 is 1.54 bits per heavy atom. The monoisotopic (exact) mass is 381 g/mol. The molecule has 0 aliphatic rings. The second-order valence-electron chi connectivity index (χ2n) is 5.61. The standard InChI is InChI=1S/C18H24NO6P/c1-3-24-26(23,25-4-2)12-14-9-15(5-7-18(14)22)19-11-13-10-16(20)6-8-17(13)21/h5-10,19-22H,3-4,11-12H2,1-2H3.